The van der Waals surface area contributed by atoms with Crippen LogP contribution in [0.15, 0.2) is 12.1 Å². The third-order valence-corrected chi connectivity index (χ3v) is 3.07. The Morgan fingerprint density at radius 2 is 2.11 bits per heavy atom. The van der Waals surface area contributed by atoms with Crippen LogP contribution in [0.4, 0.5) is 5.00 Å². The normalized spacial score (nSPS) is 13.7. The van der Waals surface area contributed by atoms with E-state index in [9.17, 15) is 24.8 Å². The van der Waals surface area contributed by atoms with Crippen LogP contribution in [0.1, 0.15) is 16.6 Å². The number of hydrogen-bond donors (Lipinski definition) is 3. The summed E-state index contributed by atoms with van der Waals surface area (Å²) in [7, 11) is 0. The minimum Gasteiger partial charge on any atom is -0.480 e. The van der Waals surface area contributed by atoms with Gasteiger partial charge in [0, 0.05) is 6.07 Å². The number of nitrogens with one attached hydrogen (secondary N) is 1. The molecule has 0 bridgehead atoms. The van der Waals surface area contributed by atoms with Gasteiger partial charge in [-0.05, 0) is 13.0 Å². The first-order valence-electron chi connectivity index (χ1n) is 4.79. The molecular weight excluding hydrogens is 264 g/mol. The average molecular weight is 274 g/mol. The highest BCUT2D eigenvalue weighted by Gasteiger charge is 2.26. The van der Waals surface area contributed by atoms with Crippen molar-refractivity contribution in [1.82, 2.24) is 5.32 Å². The van der Waals surface area contributed by atoms with Gasteiger partial charge in [-0.15, -0.1) is 0 Å². The van der Waals surface area contributed by atoms with Crippen molar-refractivity contribution in [1.29, 1.82) is 0 Å². The summed E-state index contributed by atoms with van der Waals surface area (Å²) in [6.07, 6.45) is -1.28. The highest BCUT2D eigenvalue weighted by atomic mass is 32.1. The Bertz CT molecular complexity index is 483. The molecule has 9 heteroatoms. The van der Waals surface area contributed by atoms with Crippen molar-refractivity contribution in [3.05, 3.63) is 27.1 Å². The molecule has 2 atom stereocenters. The molecule has 0 spiro atoms. The lowest BCUT2D eigenvalue weighted by molar-refractivity contribution is -0.380. The van der Waals surface area contributed by atoms with E-state index in [1.54, 1.807) is 0 Å². The lowest BCUT2D eigenvalue weighted by Gasteiger charge is -2.16. The maximum absolute atomic E-state index is 11.6. The van der Waals surface area contributed by atoms with Crippen LogP contribution < -0.4 is 5.32 Å². The van der Waals surface area contributed by atoms with Crippen molar-refractivity contribution in [2.24, 2.45) is 0 Å². The summed E-state index contributed by atoms with van der Waals surface area (Å²) >= 11 is 0.629. The molecule has 98 valence electrons. The van der Waals surface area contributed by atoms with Gasteiger partial charge in [0.1, 0.15) is 0 Å². The number of aliphatic hydroxyl groups is 1. The molecule has 0 fully saturated rings. The fourth-order valence-corrected chi connectivity index (χ4v) is 1.87. The van der Waals surface area contributed by atoms with E-state index in [4.69, 9.17) is 5.11 Å². The number of nitro groups is 1. The number of carboxylic acids is 1. The smallest absolute Gasteiger partial charge is 0.328 e. The van der Waals surface area contributed by atoms with Gasteiger partial charge in [-0.1, -0.05) is 11.3 Å². The van der Waals surface area contributed by atoms with E-state index in [1.165, 1.54) is 13.0 Å². The topological polar surface area (TPSA) is 130 Å². The zero-order chi connectivity index (χ0) is 13.9. The second-order valence-corrected chi connectivity index (χ2v) is 4.49. The molecule has 0 aliphatic rings. The van der Waals surface area contributed by atoms with E-state index < -0.39 is 28.9 Å². The van der Waals surface area contributed by atoms with Gasteiger partial charge in [-0.25, -0.2) is 4.79 Å². The average Bonchev–Trinajstić information content (AvgIpc) is 2.73. The zero-order valence-corrected chi connectivity index (χ0v) is 10.0. The predicted octanol–water partition coefficient (Wildman–Crippen LogP) is 0.220. The lowest BCUT2D eigenvalue weighted by atomic mass is 10.2. The Balaban J connectivity index is 2.80. The van der Waals surface area contributed by atoms with E-state index in [0.717, 1.165) is 6.07 Å². The van der Waals surface area contributed by atoms with E-state index in [2.05, 4.69) is 5.32 Å². The van der Waals surface area contributed by atoms with Gasteiger partial charge in [-0.3, -0.25) is 14.9 Å². The second kappa shape index (κ2) is 5.56. The molecule has 0 saturated carbocycles. The van der Waals surface area contributed by atoms with Crippen LogP contribution in [0.25, 0.3) is 0 Å². The van der Waals surface area contributed by atoms with E-state index in [-0.39, 0.29) is 9.88 Å². The molecule has 0 unspecified atom stereocenters. The summed E-state index contributed by atoms with van der Waals surface area (Å²) < 4.78 is 0. The minimum absolute atomic E-state index is 0.00796. The summed E-state index contributed by atoms with van der Waals surface area (Å²) in [5.74, 6) is -2.16. The predicted molar refractivity (Wildman–Crippen MR) is 61.5 cm³/mol. The summed E-state index contributed by atoms with van der Waals surface area (Å²) in [6, 6.07) is 0.912. The van der Waals surface area contributed by atoms with Crippen LogP contribution in [-0.4, -0.2) is 39.2 Å². The number of carboxylic acid groups (broad SMARTS) is 1. The molecule has 0 aliphatic carbocycles. The number of rotatable bonds is 5. The van der Waals surface area contributed by atoms with E-state index >= 15 is 0 Å². The quantitative estimate of drug-likeness (QED) is 0.520. The second-order valence-electron chi connectivity index (χ2n) is 3.42. The fourth-order valence-electron chi connectivity index (χ4n) is 1.15. The van der Waals surface area contributed by atoms with Crippen molar-refractivity contribution in [3.8, 4) is 0 Å². The van der Waals surface area contributed by atoms with Gasteiger partial charge in [0.2, 0.25) is 0 Å². The maximum Gasteiger partial charge on any atom is 0.328 e. The standard InChI is InChI=1S/C9H10N2O6S/c1-4(12)7(9(14)15)10-8(13)5-2-3-6(18-5)11(16)17/h2-4,7,12H,1H3,(H,10,13)(H,14,15)/t4-,7+/m1/s1. The molecule has 0 aromatic carbocycles. The number of aliphatic carboxylic acids is 1. The molecule has 18 heavy (non-hydrogen) atoms. The number of amides is 1. The van der Waals surface area contributed by atoms with Crippen LogP contribution in [-0.2, 0) is 4.79 Å². The molecule has 3 N–H and O–H groups in total. The minimum atomic E-state index is -1.46. The number of nitrogens with zero attached hydrogens (tertiary/aromatic N) is 1. The molecule has 1 aromatic rings. The van der Waals surface area contributed by atoms with Crippen molar-refractivity contribution in [2.45, 2.75) is 19.1 Å². The lowest BCUT2D eigenvalue weighted by Crippen LogP contribution is -2.47. The molecule has 1 rings (SSSR count). The molecule has 0 saturated heterocycles. The highest BCUT2D eigenvalue weighted by Crippen LogP contribution is 2.23. The van der Waals surface area contributed by atoms with Gasteiger partial charge in [0.25, 0.3) is 5.91 Å². The molecule has 0 radical (unpaired) electrons. The number of carbonyl (C=O) groups excluding carboxylic acids is 1. The Morgan fingerprint density at radius 1 is 1.50 bits per heavy atom. The van der Waals surface area contributed by atoms with Crippen molar-refractivity contribution in [3.63, 3.8) is 0 Å². The summed E-state index contributed by atoms with van der Waals surface area (Å²) in [6.45, 7) is 1.22. The van der Waals surface area contributed by atoms with Crippen LogP contribution in [0.3, 0.4) is 0 Å². The molecule has 1 aromatic heterocycles. The first-order valence-corrected chi connectivity index (χ1v) is 5.60. The first kappa shape index (κ1) is 14.1. The maximum atomic E-state index is 11.6. The van der Waals surface area contributed by atoms with Crippen LogP contribution >= 0.6 is 11.3 Å². The van der Waals surface area contributed by atoms with Gasteiger partial charge in [-0.2, -0.15) is 0 Å². The van der Waals surface area contributed by atoms with Crippen molar-refractivity contribution in [2.75, 3.05) is 0 Å². The summed E-state index contributed by atoms with van der Waals surface area (Å²) in [5.41, 5.74) is 0. The van der Waals surface area contributed by atoms with Gasteiger partial charge in [0.05, 0.1) is 15.9 Å². The molecule has 1 amide bonds. The van der Waals surface area contributed by atoms with E-state index in [0.29, 0.717) is 11.3 Å². The Kier molecular flexibility index (Phi) is 4.34. The Hall–Kier alpha value is -2.00. The molecule has 8 nitrogen and oxygen atoms in total. The fraction of sp³-hybridized carbons (Fsp3) is 0.333. The number of aliphatic hydroxyl groups excluding tert-OH is 1. The molecule has 1 heterocycles. The molecule has 0 aliphatic heterocycles. The number of carbonyl (C=O) groups is 2. The summed E-state index contributed by atoms with van der Waals surface area (Å²) in [4.78, 5) is 32.1. The third-order valence-electron chi connectivity index (χ3n) is 2.03. The first-order chi connectivity index (χ1) is 8.32. The van der Waals surface area contributed by atoms with Crippen molar-refractivity contribution < 1.29 is 24.7 Å². The van der Waals surface area contributed by atoms with Crippen LogP contribution in [0.2, 0.25) is 0 Å². The number of hydrogen-bond acceptors (Lipinski definition) is 6. The zero-order valence-electron chi connectivity index (χ0n) is 9.19. The SMILES string of the molecule is C[C@@H](O)[C@H](NC(=O)c1ccc([N+](=O)[O-])s1)C(=O)O. The van der Waals surface area contributed by atoms with Gasteiger partial charge in [0.15, 0.2) is 6.04 Å². The largest absolute Gasteiger partial charge is 0.480 e. The van der Waals surface area contributed by atoms with Gasteiger partial charge < -0.3 is 15.5 Å². The Morgan fingerprint density at radius 3 is 2.50 bits per heavy atom. The third kappa shape index (κ3) is 3.25. The monoisotopic (exact) mass is 274 g/mol. The van der Waals surface area contributed by atoms with Gasteiger partial charge >= 0.3 is 11.0 Å². The van der Waals surface area contributed by atoms with E-state index in [1.807, 2.05) is 0 Å². The number of thiophene rings is 1. The Labute approximate surface area is 105 Å². The highest BCUT2D eigenvalue weighted by molar-refractivity contribution is 7.17. The van der Waals surface area contributed by atoms with Crippen molar-refractivity contribution >= 4 is 28.2 Å². The molecular formula is C9H10N2O6S. The van der Waals surface area contributed by atoms with Crippen LogP contribution in [0, 0.1) is 10.1 Å². The summed E-state index contributed by atoms with van der Waals surface area (Å²) in [5, 5.41) is 30.2. The van der Waals surface area contributed by atoms with Crippen LogP contribution in [0.5, 0.6) is 0 Å².